The number of fused-ring (bicyclic) bond motifs is 1. The van der Waals surface area contributed by atoms with Gasteiger partial charge in [-0.25, -0.2) is 4.79 Å². The molecule has 76 valence electrons. The summed E-state index contributed by atoms with van der Waals surface area (Å²) in [6, 6.07) is 0. The van der Waals surface area contributed by atoms with Crippen molar-refractivity contribution in [2.45, 2.75) is 18.7 Å². The highest BCUT2D eigenvalue weighted by atomic mass is 33.1. The Kier molecular flexibility index (Phi) is 2.48. The van der Waals surface area contributed by atoms with Gasteiger partial charge >= 0.3 is 5.97 Å². The fourth-order valence-corrected chi connectivity index (χ4v) is 3.91. The maximum Gasteiger partial charge on any atom is 0.355 e. The molecular weight excluding hydrogens is 222 g/mol. The van der Waals surface area contributed by atoms with Crippen LogP contribution in [0.3, 0.4) is 0 Å². The third kappa shape index (κ3) is 1.33. The molecule has 2 aliphatic rings. The van der Waals surface area contributed by atoms with Gasteiger partial charge in [0.25, 0.3) is 0 Å². The molecule has 0 radical (unpaired) electrons. The van der Waals surface area contributed by atoms with E-state index in [-0.39, 0.29) is 11.3 Å². The first-order valence-corrected chi connectivity index (χ1v) is 6.31. The molecule has 6 heteroatoms. The van der Waals surface area contributed by atoms with Crippen molar-refractivity contribution in [2.75, 3.05) is 7.11 Å². The van der Waals surface area contributed by atoms with Gasteiger partial charge in [-0.05, 0) is 6.92 Å². The van der Waals surface area contributed by atoms with Crippen LogP contribution in [-0.4, -0.2) is 29.3 Å². The van der Waals surface area contributed by atoms with Crippen LogP contribution in [0, 0.1) is 0 Å². The molecule has 0 unspecified atom stereocenters. The largest absolute Gasteiger partial charge is 0.464 e. The van der Waals surface area contributed by atoms with E-state index in [1.807, 2.05) is 6.92 Å². The summed E-state index contributed by atoms with van der Waals surface area (Å²) in [5.74, 6) is -0.420. The summed E-state index contributed by atoms with van der Waals surface area (Å²) in [4.78, 5) is 25.1. The van der Waals surface area contributed by atoms with Crippen molar-refractivity contribution in [3.05, 3.63) is 10.6 Å². The van der Waals surface area contributed by atoms with E-state index >= 15 is 0 Å². The van der Waals surface area contributed by atoms with E-state index in [4.69, 9.17) is 0 Å². The molecule has 2 aliphatic heterocycles. The number of β-lactam (4-membered cyclic amide) rings is 1. The van der Waals surface area contributed by atoms with Gasteiger partial charge in [-0.1, -0.05) is 21.6 Å². The van der Waals surface area contributed by atoms with E-state index in [1.165, 1.54) is 22.8 Å². The van der Waals surface area contributed by atoms with E-state index in [1.54, 1.807) is 10.8 Å². The van der Waals surface area contributed by atoms with Crippen LogP contribution in [-0.2, 0) is 14.3 Å². The third-order valence-corrected chi connectivity index (χ3v) is 4.99. The number of carbonyl (C=O) groups excluding carboxylic acids is 2. The summed E-state index contributed by atoms with van der Waals surface area (Å²) < 4.78 is 4.65. The second kappa shape index (κ2) is 3.51. The molecule has 2 rings (SSSR count). The molecule has 0 aromatic rings. The molecule has 0 aromatic heterocycles. The summed E-state index contributed by atoms with van der Waals surface area (Å²) in [6.45, 7) is 1.83. The monoisotopic (exact) mass is 231 g/mol. The van der Waals surface area contributed by atoms with Gasteiger partial charge in [-0.2, -0.15) is 0 Å². The van der Waals surface area contributed by atoms with Gasteiger partial charge in [0.15, 0.2) is 0 Å². The number of hydrogen-bond donors (Lipinski definition) is 0. The molecule has 2 heterocycles. The lowest BCUT2D eigenvalue weighted by atomic mass is 10.1. The van der Waals surface area contributed by atoms with E-state index < -0.39 is 5.97 Å². The summed E-state index contributed by atoms with van der Waals surface area (Å²) in [6.07, 6.45) is 0.519. The fraction of sp³-hybridized carbons (Fsp3) is 0.500. The van der Waals surface area contributed by atoms with E-state index in [0.29, 0.717) is 12.1 Å². The van der Waals surface area contributed by atoms with Crippen molar-refractivity contribution in [3.63, 3.8) is 0 Å². The zero-order chi connectivity index (χ0) is 10.3. The average Bonchev–Trinajstić information content (AvgIpc) is 2.17. The minimum Gasteiger partial charge on any atom is -0.464 e. The Morgan fingerprint density at radius 2 is 2.36 bits per heavy atom. The smallest absolute Gasteiger partial charge is 0.355 e. The highest BCUT2D eigenvalue weighted by Gasteiger charge is 2.45. The van der Waals surface area contributed by atoms with Crippen molar-refractivity contribution in [1.29, 1.82) is 0 Å². The quantitative estimate of drug-likeness (QED) is 0.387. The van der Waals surface area contributed by atoms with E-state index in [9.17, 15) is 9.59 Å². The fourth-order valence-electron chi connectivity index (χ4n) is 1.41. The Hall–Kier alpha value is -0.620. The molecule has 0 bridgehead atoms. The van der Waals surface area contributed by atoms with Crippen LogP contribution in [0.2, 0.25) is 0 Å². The van der Waals surface area contributed by atoms with Crippen LogP contribution in [0.4, 0.5) is 0 Å². The predicted molar refractivity (Wildman–Crippen MR) is 55.1 cm³/mol. The standard InChI is InChI=1S/C8H9NO3S2/c1-4-7(8(11)12-2)9-5(10)3-6(9)14-13-4/h6H,3H2,1-2H3/t6-/m1/s1. The molecule has 4 nitrogen and oxygen atoms in total. The lowest BCUT2D eigenvalue weighted by molar-refractivity contribution is -0.147. The zero-order valence-corrected chi connectivity index (χ0v) is 9.41. The molecule has 0 aromatic carbocycles. The van der Waals surface area contributed by atoms with E-state index in [0.717, 1.165) is 4.91 Å². The highest BCUT2D eigenvalue weighted by Crippen LogP contribution is 2.49. The van der Waals surface area contributed by atoms with Crippen molar-refractivity contribution < 1.29 is 14.3 Å². The number of carbonyl (C=O) groups is 2. The lowest BCUT2D eigenvalue weighted by Gasteiger charge is -2.43. The van der Waals surface area contributed by atoms with Crippen LogP contribution < -0.4 is 0 Å². The Balaban J connectivity index is 2.33. The molecule has 1 atom stereocenters. The van der Waals surface area contributed by atoms with Crippen molar-refractivity contribution in [1.82, 2.24) is 4.90 Å². The first-order valence-electron chi connectivity index (χ1n) is 4.09. The Bertz CT molecular complexity index is 339. The third-order valence-electron chi connectivity index (χ3n) is 2.14. The SMILES string of the molecule is COC(=O)C1=C(C)SS[C@@H]2CC(=O)N12. The first-order chi connectivity index (χ1) is 6.65. The minimum absolute atomic E-state index is 0.00236. The zero-order valence-electron chi connectivity index (χ0n) is 7.77. The number of rotatable bonds is 1. The number of allylic oxidation sites excluding steroid dienone is 1. The van der Waals surface area contributed by atoms with Crippen molar-refractivity contribution >= 4 is 33.5 Å². The molecule has 0 aliphatic carbocycles. The highest BCUT2D eigenvalue weighted by molar-refractivity contribution is 8.78. The van der Waals surface area contributed by atoms with Crippen LogP contribution >= 0.6 is 21.6 Å². The Labute approximate surface area is 89.4 Å². The maximum absolute atomic E-state index is 11.4. The summed E-state index contributed by atoms with van der Waals surface area (Å²) in [5, 5.41) is 0.116. The van der Waals surface area contributed by atoms with Gasteiger partial charge in [0, 0.05) is 4.91 Å². The van der Waals surface area contributed by atoms with Crippen molar-refractivity contribution in [2.24, 2.45) is 0 Å². The number of ether oxygens (including phenoxy) is 1. The van der Waals surface area contributed by atoms with Gasteiger partial charge in [0.05, 0.1) is 13.5 Å². The number of hydrogen-bond acceptors (Lipinski definition) is 5. The lowest BCUT2D eigenvalue weighted by Crippen LogP contribution is -2.52. The van der Waals surface area contributed by atoms with Gasteiger partial charge in [-0.15, -0.1) is 0 Å². The number of amides is 1. The Morgan fingerprint density at radius 3 is 2.93 bits per heavy atom. The molecule has 1 fully saturated rings. The average molecular weight is 231 g/mol. The van der Waals surface area contributed by atoms with Gasteiger partial charge < -0.3 is 4.74 Å². The summed E-state index contributed by atoms with van der Waals surface area (Å²) >= 11 is 0. The molecule has 1 amide bonds. The predicted octanol–water partition coefficient (Wildman–Crippen LogP) is 1.34. The molecule has 1 saturated heterocycles. The topological polar surface area (TPSA) is 46.6 Å². The second-order valence-corrected chi connectivity index (χ2v) is 5.59. The van der Waals surface area contributed by atoms with Crippen LogP contribution in [0.15, 0.2) is 10.6 Å². The van der Waals surface area contributed by atoms with Gasteiger partial charge in [0.1, 0.15) is 11.1 Å². The van der Waals surface area contributed by atoms with E-state index in [2.05, 4.69) is 4.74 Å². The molecule has 0 saturated carbocycles. The summed E-state index contributed by atoms with van der Waals surface area (Å²) in [7, 11) is 4.48. The number of nitrogens with zero attached hydrogens (tertiary/aromatic N) is 1. The van der Waals surface area contributed by atoms with Crippen molar-refractivity contribution in [3.8, 4) is 0 Å². The molecule has 14 heavy (non-hydrogen) atoms. The number of methoxy groups -OCH3 is 1. The van der Waals surface area contributed by atoms with Crippen LogP contribution in [0.25, 0.3) is 0 Å². The Morgan fingerprint density at radius 1 is 1.64 bits per heavy atom. The number of esters is 1. The molecule has 0 spiro atoms. The first kappa shape index (κ1) is 9.92. The molecular formula is C8H9NO3S2. The van der Waals surface area contributed by atoms with Crippen LogP contribution in [0.1, 0.15) is 13.3 Å². The molecule has 0 N–H and O–H groups in total. The minimum atomic E-state index is -0.423. The van der Waals surface area contributed by atoms with Gasteiger partial charge in [0.2, 0.25) is 5.91 Å². The maximum atomic E-state index is 11.4. The normalized spacial score (nSPS) is 25.7. The van der Waals surface area contributed by atoms with Crippen LogP contribution in [0.5, 0.6) is 0 Å². The summed E-state index contributed by atoms with van der Waals surface area (Å²) in [5.41, 5.74) is 0.414. The van der Waals surface area contributed by atoms with Gasteiger partial charge in [-0.3, -0.25) is 9.69 Å². The second-order valence-electron chi connectivity index (χ2n) is 3.00.